The molecular weight excluding hydrogens is 414 g/mol. The van der Waals surface area contributed by atoms with E-state index >= 15 is 0 Å². The van der Waals surface area contributed by atoms with Gasteiger partial charge in [0.05, 0.1) is 6.54 Å². The minimum absolute atomic E-state index is 0.0440. The minimum Gasteiger partial charge on any atom is -0.382 e. The molecule has 2 heterocycles. The average Bonchev–Trinajstić information content (AvgIpc) is 3.07. The standard InChI is InChI=1S/C27H37N3O3/c1-3-33-19-11-18-30-25(31)24-17-16-23(21-12-7-6-8-13-21)29(24)20-27(30,2)26(32)28-22-14-9-4-5-10-15-22/h6-8,12-13,16-17,22H,3-5,9-11,14-15,18-20H2,1-2H3,(H,28,32)/t27-/m1/s1. The number of aromatic nitrogens is 1. The Morgan fingerprint density at radius 1 is 1.06 bits per heavy atom. The lowest BCUT2D eigenvalue weighted by Gasteiger charge is -2.45. The number of nitrogens with one attached hydrogen (secondary N) is 1. The van der Waals surface area contributed by atoms with Crippen LogP contribution in [0, 0.1) is 0 Å². The summed E-state index contributed by atoms with van der Waals surface area (Å²) < 4.78 is 7.54. The van der Waals surface area contributed by atoms with Gasteiger partial charge in [-0.05, 0) is 50.8 Å². The minimum atomic E-state index is -0.953. The monoisotopic (exact) mass is 451 g/mol. The van der Waals surface area contributed by atoms with Gasteiger partial charge in [0, 0.05) is 31.5 Å². The Labute approximate surface area is 197 Å². The predicted molar refractivity (Wildman–Crippen MR) is 130 cm³/mol. The van der Waals surface area contributed by atoms with Crippen LogP contribution in [0.1, 0.15) is 69.3 Å². The van der Waals surface area contributed by atoms with Crippen molar-refractivity contribution in [3.63, 3.8) is 0 Å². The maximum absolute atomic E-state index is 13.8. The number of amides is 2. The fourth-order valence-corrected chi connectivity index (χ4v) is 5.22. The topological polar surface area (TPSA) is 63.6 Å². The van der Waals surface area contributed by atoms with Crippen LogP contribution in [0.5, 0.6) is 0 Å². The number of benzene rings is 1. The van der Waals surface area contributed by atoms with Gasteiger partial charge in [-0.1, -0.05) is 56.0 Å². The van der Waals surface area contributed by atoms with Gasteiger partial charge < -0.3 is 19.5 Å². The maximum atomic E-state index is 13.8. The number of carbonyl (C=O) groups is 2. The molecule has 33 heavy (non-hydrogen) atoms. The lowest BCUT2D eigenvalue weighted by atomic mass is 9.93. The Bertz CT molecular complexity index is 947. The zero-order valence-electron chi connectivity index (χ0n) is 20.0. The third kappa shape index (κ3) is 5.01. The van der Waals surface area contributed by atoms with E-state index in [0.29, 0.717) is 38.4 Å². The highest BCUT2D eigenvalue weighted by Crippen LogP contribution is 2.33. The van der Waals surface area contributed by atoms with Gasteiger partial charge in [-0.15, -0.1) is 0 Å². The first-order valence-electron chi connectivity index (χ1n) is 12.5. The van der Waals surface area contributed by atoms with E-state index < -0.39 is 5.54 Å². The molecule has 0 bridgehead atoms. The van der Waals surface area contributed by atoms with Crippen LogP contribution in [-0.2, 0) is 16.1 Å². The summed E-state index contributed by atoms with van der Waals surface area (Å²) in [6.07, 6.45) is 7.52. The summed E-state index contributed by atoms with van der Waals surface area (Å²) in [7, 11) is 0. The molecular formula is C27H37N3O3. The van der Waals surface area contributed by atoms with Crippen LogP contribution in [0.25, 0.3) is 11.3 Å². The maximum Gasteiger partial charge on any atom is 0.271 e. The third-order valence-corrected chi connectivity index (χ3v) is 7.13. The van der Waals surface area contributed by atoms with Gasteiger partial charge in [0.2, 0.25) is 5.91 Å². The summed E-state index contributed by atoms with van der Waals surface area (Å²) in [4.78, 5) is 29.2. The zero-order valence-corrected chi connectivity index (χ0v) is 20.0. The molecule has 4 rings (SSSR count). The van der Waals surface area contributed by atoms with Crippen LogP contribution in [0.2, 0.25) is 0 Å². The second-order valence-corrected chi connectivity index (χ2v) is 9.50. The van der Waals surface area contributed by atoms with E-state index in [1.165, 1.54) is 12.8 Å². The van der Waals surface area contributed by atoms with Crippen molar-refractivity contribution in [1.82, 2.24) is 14.8 Å². The largest absolute Gasteiger partial charge is 0.382 e. The van der Waals surface area contributed by atoms with E-state index in [9.17, 15) is 9.59 Å². The van der Waals surface area contributed by atoms with Gasteiger partial charge >= 0.3 is 0 Å². The number of nitrogens with zero attached hydrogens (tertiary/aromatic N) is 2. The lowest BCUT2D eigenvalue weighted by Crippen LogP contribution is -2.65. The molecule has 1 atom stereocenters. The molecule has 1 N–H and O–H groups in total. The van der Waals surface area contributed by atoms with Crippen molar-refractivity contribution in [3.05, 3.63) is 48.2 Å². The molecule has 6 nitrogen and oxygen atoms in total. The van der Waals surface area contributed by atoms with Crippen LogP contribution in [-0.4, -0.2) is 52.6 Å². The first kappa shape index (κ1) is 23.6. The fraction of sp³-hybridized carbons (Fsp3) is 0.556. The first-order chi connectivity index (χ1) is 16.0. The molecule has 0 radical (unpaired) electrons. The van der Waals surface area contributed by atoms with Gasteiger partial charge in [0.25, 0.3) is 5.91 Å². The molecule has 2 aromatic rings. The van der Waals surface area contributed by atoms with E-state index in [-0.39, 0.29) is 17.9 Å². The summed E-state index contributed by atoms with van der Waals surface area (Å²) in [5, 5.41) is 3.33. The summed E-state index contributed by atoms with van der Waals surface area (Å²) >= 11 is 0. The zero-order chi connectivity index (χ0) is 23.3. The van der Waals surface area contributed by atoms with E-state index in [4.69, 9.17) is 4.74 Å². The molecule has 178 valence electrons. The van der Waals surface area contributed by atoms with Crippen LogP contribution in [0.4, 0.5) is 0 Å². The van der Waals surface area contributed by atoms with Crippen molar-refractivity contribution < 1.29 is 14.3 Å². The molecule has 1 fully saturated rings. The molecule has 1 aromatic carbocycles. The highest BCUT2D eigenvalue weighted by Gasteiger charge is 2.47. The first-order valence-corrected chi connectivity index (χ1v) is 12.5. The summed E-state index contributed by atoms with van der Waals surface area (Å²) in [5.41, 5.74) is 1.71. The van der Waals surface area contributed by atoms with Crippen LogP contribution in [0.15, 0.2) is 42.5 Å². The molecule has 1 aliphatic carbocycles. The fourth-order valence-electron chi connectivity index (χ4n) is 5.22. The summed E-state index contributed by atoms with van der Waals surface area (Å²) in [5.74, 6) is -0.129. The third-order valence-electron chi connectivity index (χ3n) is 7.13. The second kappa shape index (κ2) is 10.6. The second-order valence-electron chi connectivity index (χ2n) is 9.50. The smallest absolute Gasteiger partial charge is 0.271 e. The van der Waals surface area contributed by atoms with Gasteiger partial charge in [0.15, 0.2) is 0 Å². The highest BCUT2D eigenvalue weighted by atomic mass is 16.5. The van der Waals surface area contributed by atoms with Gasteiger partial charge in [-0.3, -0.25) is 9.59 Å². The lowest BCUT2D eigenvalue weighted by molar-refractivity contribution is -0.133. The van der Waals surface area contributed by atoms with E-state index in [1.54, 1.807) is 4.90 Å². The van der Waals surface area contributed by atoms with Gasteiger partial charge in [-0.2, -0.15) is 0 Å². The van der Waals surface area contributed by atoms with Crippen molar-refractivity contribution in [2.45, 2.75) is 76.9 Å². The predicted octanol–water partition coefficient (Wildman–Crippen LogP) is 4.64. The molecule has 1 aromatic heterocycles. The summed E-state index contributed by atoms with van der Waals surface area (Å²) in [6.45, 7) is 6.06. The number of hydrogen-bond acceptors (Lipinski definition) is 3. The average molecular weight is 452 g/mol. The molecule has 0 unspecified atom stereocenters. The molecule has 1 aliphatic heterocycles. The normalized spacial score (nSPS) is 21.5. The van der Waals surface area contributed by atoms with Crippen molar-refractivity contribution in [1.29, 1.82) is 0 Å². The molecule has 6 heteroatoms. The van der Waals surface area contributed by atoms with E-state index in [1.807, 2.05) is 60.9 Å². The highest BCUT2D eigenvalue weighted by molar-refractivity contribution is 6.00. The van der Waals surface area contributed by atoms with Crippen molar-refractivity contribution in [2.75, 3.05) is 19.8 Å². The van der Waals surface area contributed by atoms with Crippen molar-refractivity contribution >= 4 is 11.8 Å². The number of ether oxygens (including phenoxy) is 1. The van der Waals surface area contributed by atoms with Crippen LogP contribution >= 0.6 is 0 Å². The van der Waals surface area contributed by atoms with Crippen molar-refractivity contribution in [2.24, 2.45) is 0 Å². The number of carbonyl (C=O) groups excluding carboxylic acids is 2. The Hall–Kier alpha value is -2.60. The number of rotatable bonds is 8. The Morgan fingerprint density at radius 3 is 2.45 bits per heavy atom. The Kier molecular flexibility index (Phi) is 7.53. The molecule has 0 spiro atoms. The quantitative estimate of drug-likeness (QED) is 0.470. The molecule has 2 amide bonds. The summed E-state index contributed by atoms with van der Waals surface area (Å²) in [6, 6.07) is 14.2. The van der Waals surface area contributed by atoms with Crippen LogP contribution < -0.4 is 5.32 Å². The Morgan fingerprint density at radius 2 is 1.76 bits per heavy atom. The van der Waals surface area contributed by atoms with Crippen LogP contribution in [0.3, 0.4) is 0 Å². The van der Waals surface area contributed by atoms with Gasteiger partial charge in [0.1, 0.15) is 11.2 Å². The SMILES string of the molecule is CCOCCCN1C(=O)c2ccc(-c3ccccc3)n2C[C@]1(C)C(=O)NC1CCCCCC1. The molecule has 0 saturated heterocycles. The van der Waals surface area contributed by atoms with E-state index in [2.05, 4.69) is 5.32 Å². The van der Waals surface area contributed by atoms with Crippen molar-refractivity contribution in [3.8, 4) is 11.3 Å². The molecule has 2 aliphatic rings. The van der Waals surface area contributed by atoms with E-state index in [0.717, 1.165) is 36.9 Å². The number of hydrogen-bond donors (Lipinski definition) is 1. The number of fused-ring (bicyclic) bond motifs is 1. The Balaban J connectivity index is 1.64. The van der Waals surface area contributed by atoms with Gasteiger partial charge in [-0.25, -0.2) is 0 Å². The molecule has 1 saturated carbocycles.